The summed E-state index contributed by atoms with van der Waals surface area (Å²) in [6.07, 6.45) is 4.05. The molecule has 1 aromatic carbocycles. The number of nitro benzene ring substituents is 1. The maximum atomic E-state index is 11.7. The van der Waals surface area contributed by atoms with Gasteiger partial charge in [-0.1, -0.05) is 12.1 Å². The Labute approximate surface area is 141 Å². The number of carbonyl (C=O) groups is 2. The number of hydrogen-bond donors (Lipinski definition) is 2. The summed E-state index contributed by atoms with van der Waals surface area (Å²) >= 11 is 0. The van der Waals surface area contributed by atoms with E-state index >= 15 is 0 Å². The Balaban J connectivity index is 1.85. The minimum atomic E-state index is -0.799. The second kappa shape index (κ2) is 8.15. The van der Waals surface area contributed by atoms with Gasteiger partial charge in [-0.3, -0.25) is 24.7 Å². The quantitative estimate of drug-likeness (QED) is 0.426. The van der Waals surface area contributed by atoms with Gasteiger partial charge in [-0.25, -0.2) is 5.43 Å². The van der Waals surface area contributed by atoms with Gasteiger partial charge in [0.25, 0.3) is 17.5 Å². The molecular weight excluding hydrogens is 330 g/mol. The minimum absolute atomic E-state index is 0.271. The summed E-state index contributed by atoms with van der Waals surface area (Å²) in [6, 6.07) is 6.41. The van der Waals surface area contributed by atoms with E-state index in [4.69, 9.17) is 0 Å². The number of benzene rings is 1. The lowest BCUT2D eigenvalue weighted by Crippen LogP contribution is -2.34. The molecule has 0 bridgehead atoms. The first kappa shape index (κ1) is 17.5. The van der Waals surface area contributed by atoms with Crippen LogP contribution in [0, 0.1) is 10.1 Å². The summed E-state index contributed by atoms with van der Waals surface area (Å²) in [4.78, 5) is 37.0. The van der Waals surface area contributed by atoms with Crippen LogP contribution >= 0.6 is 0 Å². The molecule has 128 valence electrons. The zero-order valence-corrected chi connectivity index (χ0v) is 12.7. The lowest BCUT2D eigenvalue weighted by atomic mass is 10.2. The number of nitro groups is 1. The SMILES string of the molecule is O=C(CNC(=O)c1ccncc1)N/N=C\c1ccc([O-])c([N+](=O)[O-])c1. The van der Waals surface area contributed by atoms with E-state index < -0.39 is 28.2 Å². The molecule has 0 fully saturated rings. The first-order valence-corrected chi connectivity index (χ1v) is 6.93. The summed E-state index contributed by atoms with van der Waals surface area (Å²) in [6.45, 7) is -0.307. The lowest BCUT2D eigenvalue weighted by Gasteiger charge is -2.06. The van der Waals surface area contributed by atoms with Crippen molar-refractivity contribution in [1.82, 2.24) is 15.7 Å². The molecular formula is C15H12N5O5-. The van der Waals surface area contributed by atoms with Crippen molar-refractivity contribution in [3.63, 3.8) is 0 Å². The Morgan fingerprint density at radius 2 is 1.96 bits per heavy atom. The minimum Gasteiger partial charge on any atom is -0.868 e. The van der Waals surface area contributed by atoms with Crippen molar-refractivity contribution < 1.29 is 19.6 Å². The molecule has 0 aliphatic heterocycles. The molecule has 0 atom stereocenters. The Hall–Kier alpha value is -3.82. The summed E-state index contributed by atoms with van der Waals surface area (Å²) in [5.74, 6) is -1.75. The highest BCUT2D eigenvalue weighted by Gasteiger charge is 2.08. The first-order valence-electron chi connectivity index (χ1n) is 6.93. The Bertz CT molecular complexity index is 822. The molecule has 0 spiro atoms. The Kier molecular flexibility index (Phi) is 5.72. The van der Waals surface area contributed by atoms with Crippen LogP contribution in [0.1, 0.15) is 15.9 Å². The third-order valence-electron chi connectivity index (χ3n) is 2.93. The summed E-state index contributed by atoms with van der Waals surface area (Å²) in [7, 11) is 0. The van der Waals surface area contributed by atoms with Crippen LogP contribution in [0.25, 0.3) is 0 Å². The van der Waals surface area contributed by atoms with Crippen molar-refractivity contribution in [2.75, 3.05) is 6.54 Å². The van der Waals surface area contributed by atoms with Crippen LogP contribution in [0.3, 0.4) is 0 Å². The molecule has 1 aromatic heterocycles. The number of hydrogen-bond acceptors (Lipinski definition) is 7. The highest BCUT2D eigenvalue weighted by molar-refractivity contribution is 5.96. The summed E-state index contributed by atoms with van der Waals surface area (Å²) in [5.41, 5.74) is 2.20. The van der Waals surface area contributed by atoms with Gasteiger partial charge in [0.05, 0.1) is 17.7 Å². The van der Waals surface area contributed by atoms with Crippen LogP contribution in [0.5, 0.6) is 5.75 Å². The molecule has 0 aliphatic carbocycles. The van der Waals surface area contributed by atoms with Gasteiger partial charge in [0.2, 0.25) is 0 Å². The van der Waals surface area contributed by atoms with Gasteiger partial charge in [-0.15, -0.1) is 0 Å². The topological polar surface area (TPSA) is 150 Å². The van der Waals surface area contributed by atoms with Crippen LogP contribution in [-0.2, 0) is 4.79 Å². The van der Waals surface area contributed by atoms with Crippen LogP contribution < -0.4 is 15.8 Å². The molecule has 25 heavy (non-hydrogen) atoms. The number of carbonyl (C=O) groups excluding carboxylic acids is 2. The third kappa shape index (κ3) is 5.10. The monoisotopic (exact) mass is 342 g/mol. The first-order chi connectivity index (χ1) is 12.0. The maximum absolute atomic E-state index is 11.7. The smallest absolute Gasteiger partial charge is 0.262 e. The van der Waals surface area contributed by atoms with Crippen molar-refractivity contribution in [3.05, 3.63) is 64.0 Å². The molecule has 2 N–H and O–H groups in total. The van der Waals surface area contributed by atoms with Gasteiger partial charge in [-0.2, -0.15) is 5.10 Å². The molecule has 0 radical (unpaired) electrons. The van der Waals surface area contributed by atoms with Crippen molar-refractivity contribution in [2.24, 2.45) is 5.10 Å². The molecule has 10 heteroatoms. The largest absolute Gasteiger partial charge is 0.868 e. The number of rotatable bonds is 6. The molecule has 2 amide bonds. The van der Waals surface area contributed by atoms with E-state index in [2.05, 4.69) is 20.8 Å². The second-order valence-electron chi connectivity index (χ2n) is 4.70. The fourth-order valence-electron chi connectivity index (χ4n) is 1.74. The van der Waals surface area contributed by atoms with Gasteiger partial charge in [0.1, 0.15) is 0 Å². The van der Waals surface area contributed by atoms with E-state index in [1.807, 2.05) is 0 Å². The number of amides is 2. The fourth-order valence-corrected chi connectivity index (χ4v) is 1.74. The van der Waals surface area contributed by atoms with Crippen LogP contribution in [-0.4, -0.2) is 34.5 Å². The van der Waals surface area contributed by atoms with E-state index in [9.17, 15) is 24.8 Å². The van der Waals surface area contributed by atoms with Crippen molar-refractivity contribution in [1.29, 1.82) is 0 Å². The van der Waals surface area contributed by atoms with Crippen LogP contribution in [0.15, 0.2) is 47.8 Å². The van der Waals surface area contributed by atoms with E-state index in [0.29, 0.717) is 5.56 Å². The molecule has 0 saturated carbocycles. The molecule has 0 saturated heterocycles. The van der Waals surface area contributed by atoms with Crippen molar-refractivity contribution >= 4 is 23.7 Å². The number of nitrogens with zero attached hydrogens (tertiary/aromatic N) is 3. The highest BCUT2D eigenvalue weighted by atomic mass is 16.6. The normalized spacial score (nSPS) is 10.4. The Morgan fingerprint density at radius 1 is 1.24 bits per heavy atom. The highest BCUT2D eigenvalue weighted by Crippen LogP contribution is 2.22. The lowest BCUT2D eigenvalue weighted by molar-refractivity contribution is -0.398. The molecule has 1 heterocycles. The zero-order valence-electron chi connectivity index (χ0n) is 12.7. The standard InChI is InChI=1S/C15H13N5O5/c21-13-2-1-10(7-12(13)20(24)25)8-18-19-14(22)9-17-15(23)11-3-5-16-6-4-11/h1-8,21H,9H2,(H,17,23)(H,19,22)/p-1/b18-8-. The molecule has 0 aliphatic rings. The number of pyridine rings is 1. The average molecular weight is 342 g/mol. The molecule has 0 unspecified atom stereocenters. The molecule has 2 rings (SSSR count). The molecule has 2 aromatic rings. The zero-order chi connectivity index (χ0) is 18.2. The van der Waals surface area contributed by atoms with Crippen LogP contribution in [0.4, 0.5) is 5.69 Å². The van der Waals surface area contributed by atoms with E-state index in [1.54, 1.807) is 0 Å². The summed E-state index contributed by atoms with van der Waals surface area (Å²) in [5, 5.41) is 27.9. The van der Waals surface area contributed by atoms with Gasteiger partial charge in [0.15, 0.2) is 0 Å². The molecule has 10 nitrogen and oxygen atoms in total. The van der Waals surface area contributed by atoms with Crippen molar-refractivity contribution in [2.45, 2.75) is 0 Å². The van der Waals surface area contributed by atoms with E-state index in [-0.39, 0.29) is 12.1 Å². The Morgan fingerprint density at radius 3 is 2.64 bits per heavy atom. The number of nitrogens with one attached hydrogen (secondary N) is 2. The fraction of sp³-hybridized carbons (Fsp3) is 0.0667. The predicted octanol–water partition coefficient (Wildman–Crippen LogP) is -0.0565. The summed E-state index contributed by atoms with van der Waals surface area (Å²) < 4.78 is 0. The van der Waals surface area contributed by atoms with Crippen molar-refractivity contribution in [3.8, 4) is 5.75 Å². The van der Waals surface area contributed by atoms with Gasteiger partial charge in [-0.05, 0) is 17.9 Å². The van der Waals surface area contributed by atoms with E-state index in [1.165, 1.54) is 30.6 Å². The van der Waals surface area contributed by atoms with Gasteiger partial charge < -0.3 is 10.4 Å². The third-order valence-corrected chi connectivity index (χ3v) is 2.93. The second-order valence-corrected chi connectivity index (χ2v) is 4.70. The number of aromatic nitrogens is 1. The van der Waals surface area contributed by atoms with Crippen LogP contribution in [0.2, 0.25) is 0 Å². The maximum Gasteiger partial charge on any atom is 0.262 e. The number of hydrazone groups is 1. The predicted molar refractivity (Wildman–Crippen MR) is 84.8 cm³/mol. The van der Waals surface area contributed by atoms with E-state index in [0.717, 1.165) is 18.3 Å². The van der Waals surface area contributed by atoms with Gasteiger partial charge in [0, 0.05) is 29.6 Å². The van der Waals surface area contributed by atoms with Gasteiger partial charge >= 0.3 is 0 Å². The average Bonchev–Trinajstić information content (AvgIpc) is 2.61.